The first-order valence-electron chi connectivity index (χ1n) is 13.0. The Balaban J connectivity index is 1.42. The summed E-state index contributed by atoms with van der Waals surface area (Å²) in [6.45, 7) is 5.74. The molecule has 12 heteroatoms. The standard InChI is InChI=1S/C30H24F3N9/c1-17(2)42-29-26(27(34)36-15-37-29)25(40-42)8-7-19-5-4-6-24-23(19)9-10-35-28(24)39-21-11-20(30(31,32)33)12-22(13-21)41-14-18(3)38-16-41/h4-6,9-17H,1-3H3,(H,35,39)(H2,34,36,37). The van der Waals surface area contributed by atoms with Crippen LogP contribution in [0.5, 0.6) is 0 Å². The molecule has 3 N–H and O–H groups in total. The van der Waals surface area contributed by atoms with E-state index < -0.39 is 11.7 Å². The molecule has 0 saturated carbocycles. The number of benzene rings is 2. The lowest BCUT2D eigenvalue weighted by molar-refractivity contribution is -0.137. The molecule has 9 nitrogen and oxygen atoms in total. The molecule has 4 heterocycles. The molecule has 0 radical (unpaired) electrons. The number of aryl methyl sites for hydroxylation is 1. The van der Waals surface area contributed by atoms with E-state index >= 15 is 0 Å². The Kier molecular flexibility index (Phi) is 6.49. The number of imidazole rings is 1. The molecular weight excluding hydrogens is 543 g/mol. The number of hydrogen-bond acceptors (Lipinski definition) is 7. The number of alkyl halides is 3. The maximum atomic E-state index is 13.8. The molecular formula is C30H24F3N9. The Labute approximate surface area is 238 Å². The summed E-state index contributed by atoms with van der Waals surface area (Å²) < 4.78 is 44.7. The maximum Gasteiger partial charge on any atom is 0.416 e. The smallest absolute Gasteiger partial charge is 0.383 e. The number of rotatable bonds is 4. The van der Waals surface area contributed by atoms with Crippen LogP contribution in [0.15, 0.2) is 67.5 Å². The minimum atomic E-state index is -4.54. The zero-order valence-corrected chi connectivity index (χ0v) is 22.8. The molecule has 0 fully saturated rings. The predicted octanol–water partition coefficient (Wildman–Crippen LogP) is 6.19. The Hall–Kier alpha value is -5.44. The third kappa shape index (κ3) is 4.96. The quantitative estimate of drug-likeness (QED) is 0.244. The van der Waals surface area contributed by atoms with Gasteiger partial charge in [0.2, 0.25) is 0 Å². The SMILES string of the molecule is Cc1cn(-c2cc(Nc3nccc4c(C#Cc5nn(C(C)C)c6ncnc(N)c56)cccc34)cc(C(F)(F)F)c2)cn1. The van der Waals surface area contributed by atoms with Crippen LogP contribution in [0.2, 0.25) is 0 Å². The molecule has 42 heavy (non-hydrogen) atoms. The van der Waals surface area contributed by atoms with Crippen LogP contribution in [0.25, 0.3) is 27.5 Å². The highest BCUT2D eigenvalue weighted by atomic mass is 19.4. The highest BCUT2D eigenvalue weighted by Crippen LogP contribution is 2.35. The summed E-state index contributed by atoms with van der Waals surface area (Å²) in [5, 5.41) is 9.72. The maximum absolute atomic E-state index is 13.8. The molecule has 0 aliphatic rings. The summed E-state index contributed by atoms with van der Waals surface area (Å²) in [4.78, 5) is 17.0. The van der Waals surface area contributed by atoms with Crippen molar-refractivity contribution in [3.8, 4) is 17.5 Å². The number of nitrogen functional groups attached to an aromatic ring is 1. The van der Waals surface area contributed by atoms with Gasteiger partial charge in [-0.15, -0.1) is 0 Å². The summed E-state index contributed by atoms with van der Waals surface area (Å²) in [5.74, 6) is 6.97. The van der Waals surface area contributed by atoms with E-state index in [1.807, 2.05) is 32.0 Å². The van der Waals surface area contributed by atoms with Crippen molar-refractivity contribution in [3.05, 3.63) is 90.0 Å². The summed E-state index contributed by atoms with van der Waals surface area (Å²) in [6, 6.07) is 11.1. The Bertz CT molecular complexity index is 2030. The van der Waals surface area contributed by atoms with Crippen LogP contribution in [-0.2, 0) is 6.18 Å². The van der Waals surface area contributed by atoms with Gasteiger partial charge in [-0.1, -0.05) is 18.1 Å². The van der Waals surface area contributed by atoms with Crippen molar-refractivity contribution >= 4 is 39.1 Å². The van der Waals surface area contributed by atoms with Gasteiger partial charge in [-0.05, 0) is 57.0 Å². The van der Waals surface area contributed by atoms with Crippen molar-refractivity contribution in [2.24, 2.45) is 0 Å². The minimum Gasteiger partial charge on any atom is -0.383 e. The second-order valence-corrected chi connectivity index (χ2v) is 9.97. The number of hydrogen-bond donors (Lipinski definition) is 2. The lowest BCUT2D eigenvalue weighted by atomic mass is 10.1. The van der Waals surface area contributed by atoms with Crippen molar-refractivity contribution in [2.45, 2.75) is 33.0 Å². The van der Waals surface area contributed by atoms with E-state index in [9.17, 15) is 13.2 Å². The summed E-state index contributed by atoms with van der Waals surface area (Å²) in [5.41, 5.74) is 8.31. The van der Waals surface area contributed by atoms with Gasteiger partial charge in [0.15, 0.2) is 5.65 Å². The fourth-order valence-corrected chi connectivity index (χ4v) is 4.68. The fourth-order valence-electron chi connectivity index (χ4n) is 4.68. The first-order chi connectivity index (χ1) is 20.1. The number of nitrogens with zero attached hydrogens (tertiary/aromatic N) is 7. The fraction of sp³-hybridized carbons (Fsp3) is 0.167. The van der Waals surface area contributed by atoms with E-state index in [-0.39, 0.29) is 17.5 Å². The monoisotopic (exact) mass is 567 g/mol. The minimum absolute atomic E-state index is 0.0313. The highest BCUT2D eigenvalue weighted by molar-refractivity contribution is 5.97. The van der Waals surface area contributed by atoms with Gasteiger partial charge < -0.3 is 15.6 Å². The number of fused-ring (bicyclic) bond motifs is 2. The normalized spacial score (nSPS) is 11.7. The number of nitrogens with two attached hydrogens (primary N) is 1. The lowest BCUT2D eigenvalue weighted by Crippen LogP contribution is -2.07. The van der Waals surface area contributed by atoms with E-state index in [0.29, 0.717) is 44.9 Å². The zero-order chi connectivity index (χ0) is 29.6. The second-order valence-electron chi connectivity index (χ2n) is 9.97. The number of nitrogens with one attached hydrogen (secondary N) is 1. The van der Waals surface area contributed by atoms with Crippen LogP contribution in [0.3, 0.4) is 0 Å². The predicted molar refractivity (Wildman–Crippen MR) is 154 cm³/mol. The zero-order valence-electron chi connectivity index (χ0n) is 22.8. The van der Waals surface area contributed by atoms with Gasteiger partial charge in [-0.25, -0.2) is 24.6 Å². The van der Waals surface area contributed by atoms with Crippen LogP contribution >= 0.6 is 0 Å². The lowest BCUT2D eigenvalue weighted by Gasteiger charge is -2.15. The van der Waals surface area contributed by atoms with Gasteiger partial charge in [-0.2, -0.15) is 18.3 Å². The summed E-state index contributed by atoms with van der Waals surface area (Å²) in [6.07, 6.45) is 1.57. The van der Waals surface area contributed by atoms with Crippen molar-refractivity contribution in [1.29, 1.82) is 0 Å². The number of aromatic nitrogens is 7. The van der Waals surface area contributed by atoms with Crippen molar-refractivity contribution in [2.75, 3.05) is 11.1 Å². The van der Waals surface area contributed by atoms with Gasteiger partial charge in [0.1, 0.15) is 23.7 Å². The van der Waals surface area contributed by atoms with Gasteiger partial charge in [-0.3, -0.25) is 0 Å². The van der Waals surface area contributed by atoms with Crippen LogP contribution in [0.1, 0.15) is 42.4 Å². The van der Waals surface area contributed by atoms with Crippen molar-refractivity contribution in [3.63, 3.8) is 0 Å². The van der Waals surface area contributed by atoms with Crippen LogP contribution in [0.4, 0.5) is 30.5 Å². The van der Waals surface area contributed by atoms with Crippen molar-refractivity contribution in [1.82, 2.24) is 34.3 Å². The average molecular weight is 568 g/mol. The Morgan fingerprint density at radius 1 is 0.976 bits per heavy atom. The Morgan fingerprint density at radius 2 is 1.81 bits per heavy atom. The third-order valence-electron chi connectivity index (χ3n) is 6.65. The van der Waals surface area contributed by atoms with E-state index in [1.54, 1.807) is 40.7 Å². The molecule has 2 aromatic carbocycles. The number of halogens is 3. The molecule has 6 rings (SSSR count). The molecule has 0 aliphatic carbocycles. The third-order valence-corrected chi connectivity index (χ3v) is 6.65. The molecule has 0 bridgehead atoms. The molecule has 4 aromatic heterocycles. The first-order valence-corrected chi connectivity index (χ1v) is 13.0. The van der Waals surface area contributed by atoms with Crippen LogP contribution < -0.4 is 11.1 Å². The van der Waals surface area contributed by atoms with Crippen molar-refractivity contribution < 1.29 is 13.2 Å². The van der Waals surface area contributed by atoms with Gasteiger partial charge in [0.25, 0.3) is 0 Å². The molecule has 6 aromatic rings. The molecule has 0 amide bonds. The number of anilines is 3. The topological polar surface area (TPSA) is 112 Å². The molecule has 0 unspecified atom stereocenters. The van der Waals surface area contributed by atoms with Crippen LogP contribution in [-0.4, -0.2) is 34.3 Å². The average Bonchev–Trinajstić information content (AvgIpc) is 3.56. The molecule has 0 aliphatic heterocycles. The van der Waals surface area contributed by atoms with Gasteiger partial charge in [0, 0.05) is 46.1 Å². The largest absolute Gasteiger partial charge is 0.416 e. The Morgan fingerprint density at radius 3 is 2.55 bits per heavy atom. The van der Waals surface area contributed by atoms with E-state index in [1.165, 1.54) is 12.7 Å². The van der Waals surface area contributed by atoms with Gasteiger partial charge in [0.05, 0.1) is 23.0 Å². The van der Waals surface area contributed by atoms with Gasteiger partial charge >= 0.3 is 6.18 Å². The first kappa shape index (κ1) is 26.8. The van der Waals surface area contributed by atoms with Crippen LogP contribution in [0, 0.1) is 18.8 Å². The second kappa shape index (κ2) is 10.2. The summed E-state index contributed by atoms with van der Waals surface area (Å²) in [7, 11) is 0. The highest BCUT2D eigenvalue weighted by Gasteiger charge is 2.31. The van der Waals surface area contributed by atoms with E-state index in [2.05, 4.69) is 42.2 Å². The number of pyridine rings is 1. The molecule has 0 saturated heterocycles. The molecule has 0 spiro atoms. The van der Waals surface area contributed by atoms with E-state index in [4.69, 9.17) is 5.73 Å². The summed E-state index contributed by atoms with van der Waals surface area (Å²) >= 11 is 0. The molecule has 0 atom stereocenters. The van der Waals surface area contributed by atoms with E-state index in [0.717, 1.165) is 17.5 Å². The molecule has 210 valence electrons.